The van der Waals surface area contributed by atoms with Crippen molar-refractivity contribution in [2.24, 2.45) is 0 Å². The van der Waals surface area contributed by atoms with Gasteiger partial charge >= 0.3 is 0 Å². The van der Waals surface area contributed by atoms with Crippen LogP contribution in [0.15, 0.2) is 72.8 Å². The molecular formula is C26H24N2O2. The minimum atomic E-state index is -0.453. The molecule has 0 aromatic heterocycles. The Kier molecular flexibility index (Phi) is 4.62. The van der Waals surface area contributed by atoms with Gasteiger partial charge in [0.2, 0.25) is 5.91 Å². The molecule has 30 heavy (non-hydrogen) atoms. The van der Waals surface area contributed by atoms with Gasteiger partial charge < -0.3 is 10.2 Å². The van der Waals surface area contributed by atoms with Crippen LogP contribution in [0.5, 0.6) is 0 Å². The second-order valence-electron chi connectivity index (χ2n) is 8.00. The highest BCUT2D eigenvalue weighted by Gasteiger charge is 2.46. The second kappa shape index (κ2) is 7.45. The van der Waals surface area contributed by atoms with Gasteiger partial charge in [-0.3, -0.25) is 9.59 Å². The van der Waals surface area contributed by atoms with Crippen LogP contribution in [0.25, 0.3) is 0 Å². The van der Waals surface area contributed by atoms with E-state index in [-0.39, 0.29) is 17.9 Å². The van der Waals surface area contributed by atoms with Gasteiger partial charge in [0.05, 0.1) is 12.0 Å². The van der Waals surface area contributed by atoms with Crippen molar-refractivity contribution < 1.29 is 9.59 Å². The van der Waals surface area contributed by atoms with Gasteiger partial charge in [0, 0.05) is 17.8 Å². The summed E-state index contributed by atoms with van der Waals surface area (Å²) in [6.45, 7) is 2.74. The van der Waals surface area contributed by atoms with Crippen LogP contribution in [0.4, 0.5) is 5.69 Å². The number of hydrogen-bond acceptors (Lipinski definition) is 2. The van der Waals surface area contributed by atoms with Crippen molar-refractivity contribution in [3.05, 3.63) is 101 Å². The van der Waals surface area contributed by atoms with Crippen LogP contribution >= 0.6 is 0 Å². The zero-order valence-electron chi connectivity index (χ0n) is 17.0. The maximum atomic E-state index is 13.6. The number of benzene rings is 3. The maximum Gasteiger partial charge on any atom is 0.254 e. The molecule has 3 aromatic rings. The van der Waals surface area contributed by atoms with Crippen molar-refractivity contribution in [3.63, 3.8) is 0 Å². The first kappa shape index (κ1) is 18.6. The van der Waals surface area contributed by atoms with Gasteiger partial charge in [-0.05, 0) is 53.3 Å². The number of amides is 2. The molecule has 2 atom stereocenters. The van der Waals surface area contributed by atoms with Gasteiger partial charge in [0.15, 0.2) is 0 Å². The summed E-state index contributed by atoms with van der Waals surface area (Å²) in [5.41, 5.74) is 5.75. The van der Waals surface area contributed by atoms with E-state index in [9.17, 15) is 9.59 Å². The largest absolute Gasteiger partial charge is 0.330 e. The molecule has 2 aliphatic heterocycles. The number of carbonyl (C=O) groups excluding carboxylic acids is 2. The molecule has 2 heterocycles. The molecule has 0 unspecified atom stereocenters. The molecule has 0 saturated heterocycles. The quantitative estimate of drug-likeness (QED) is 0.696. The molecule has 150 valence electrons. The van der Waals surface area contributed by atoms with E-state index in [1.54, 1.807) is 0 Å². The Hall–Kier alpha value is -3.40. The summed E-state index contributed by atoms with van der Waals surface area (Å²) in [6, 6.07) is 23.4. The van der Waals surface area contributed by atoms with Gasteiger partial charge in [-0.15, -0.1) is 0 Å². The highest BCUT2D eigenvalue weighted by molar-refractivity contribution is 6.04. The summed E-state index contributed by atoms with van der Waals surface area (Å²) in [7, 11) is 0. The molecule has 3 aromatic carbocycles. The Morgan fingerprint density at radius 2 is 1.67 bits per heavy atom. The fourth-order valence-corrected chi connectivity index (χ4v) is 4.80. The highest BCUT2D eigenvalue weighted by atomic mass is 16.2. The minimum absolute atomic E-state index is 0.0152. The molecule has 2 aliphatic rings. The van der Waals surface area contributed by atoms with E-state index in [0.29, 0.717) is 12.1 Å². The number of fused-ring (bicyclic) bond motifs is 4. The normalized spacial score (nSPS) is 19.5. The van der Waals surface area contributed by atoms with Gasteiger partial charge in [0.1, 0.15) is 0 Å². The standard InChI is InChI=1S/C26H24N2O2/c1-2-17-11-13-19(14-12-17)27-25(29)23-21-9-5-6-10-22(21)26(30)28-16-15-18-7-3-4-8-20(18)24(23)28/h3-14,23-24H,2,15-16H2,1H3,(H,27,29)/t23-,24-/m1/s1. The Labute approximate surface area is 176 Å². The smallest absolute Gasteiger partial charge is 0.254 e. The topological polar surface area (TPSA) is 49.4 Å². The van der Waals surface area contributed by atoms with E-state index in [2.05, 4.69) is 24.4 Å². The lowest BCUT2D eigenvalue weighted by Gasteiger charge is -2.45. The molecule has 5 rings (SSSR count). The molecule has 0 bridgehead atoms. The molecule has 4 nitrogen and oxygen atoms in total. The van der Waals surface area contributed by atoms with Crippen LogP contribution in [-0.2, 0) is 17.6 Å². The summed E-state index contributed by atoms with van der Waals surface area (Å²) in [5.74, 6) is -0.515. The van der Waals surface area contributed by atoms with E-state index in [1.807, 2.05) is 65.6 Å². The van der Waals surface area contributed by atoms with Crippen LogP contribution in [0.2, 0.25) is 0 Å². The summed E-state index contributed by atoms with van der Waals surface area (Å²) in [6.07, 6.45) is 1.77. The third-order valence-electron chi connectivity index (χ3n) is 6.35. The van der Waals surface area contributed by atoms with Crippen molar-refractivity contribution in [3.8, 4) is 0 Å². The number of anilines is 1. The first-order valence-corrected chi connectivity index (χ1v) is 10.5. The number of nitrogens with one attached hydrogen (secondary N) is 1. The fraction of sp³-hybridized carbons (Fsp3) is 0.231. The lowest BCUT2D eigenvalue weighted by Crippen LogP contribution is -2.49. The van der Waals surface area contributed by atoms with Crippen molar-refractivity contribution in [1.29, 1.82) is 0 Å². The summed E-state index contributed by atoms with van der Waals surface area (Å²) in [4.78, 5) is 28.7. The van der Waals surface area contributed by atoms with E-state index in [0.717, 1.165) is 29.7 Å². The van der Waals surface area contributed by atoms with E-state index in [4.69, 9.17) is 0 Å². The first-order chi connectivity index (χ1) is 14.7. The predicted molar refractivity (Wildman–Crippen MR) is 118 cm³/mol. The van der Waals surface area contributed by atoms with Crippen molar-refractivity contribution in [2.45, 2.75) is 31.7 Å². The fourth-order valence-electron chi connectivity index (χ4n) is 4.80. The zero-order chi connectivity index (χ0) is 20.7. The molecule has 1 N–H and O–H groups in total. The van der Waals surface area contributed by atoms with Crippen LogP contribution in [0.1, 0.15) is 51.5 Å². The van der Waals surface area contributed by atoms with E-state index >= 15 is 0 Å². The zero-order valence-corrected chi connectivity index (χ0v) is 17.0. The summed E-state index contributed by atoms with van der Waals surface area (Å²) >= 11 is 0. The van der Waals surface area contributed by atoms with Crippen molar-refractivity contribution >= 4 is 17.5 Å². The number of carbonyl (C=O) groups is 2. The molecule has 0 aliphatic carbocycles. The molecule has 0 fully saturated rings. The molecule has 0 spiro atoms. The van der Waals surface area contributed by atoms with Gasteiger partial charge in [-0.2, -0.15) is 0 Å². The Morgan fingerprint density at radius 1 is 0.967 bits per heavy atom. The molecule has 2 amide bonds. The number of nitrogens with zero attached hydrogens (tertiary/aromatic N) is 1. The average Bonchev–Trinajstić information content (AvgIpc) is 2.79. The number of rotatable bonds is 3. The Morgan fingerprint density at radius 3 is 2.43 bits per heavy atom. The SMILES string of the molecule is CCc1ccc(NC(=O)[C@@H]2c3ccccc3C(=O)N3CCc4ccccc4[C@H]23)cc1. The second-order valence-corrected chi connectivity index (χ2v) is 8.00. The molecular weight excluding hydrogens is 372 g/mol. The monoisotopic (exact) mass is 396 g/mol. The van der Waals surface area contributed by atoms with E-state index < -0.39 is 5.92 Å². The van der Waals surface area contributed by atoms with Gasteiger partial charge in [0.25, 0.3) is 5.91 Å². The lowest BCUT2D eigenvalue weighted by molar-refractivity contribution is -0.119. The summed E-state index contributed by atoms with van der Waals surface area (Å²) < 4.78 is 0. The number of aryl methyl sites for hydroxylation is 1. The van der Waals surface area contributed by atoms with Crippen molar-refractivity contribution in [2.75, 3.05) is 11.9 Å². The predicted octanol–water partition coefficient (Wildman–Crippen LogP) is 4.72. The first-order valence-electron chi connectivity index (χ1n) is 10.5. The van der Waals surface area contributed by atoms with Crippen LogP contribution in [0.3, 0.4) is 0 Å². The minimum Gasteiger partial charge on any atom is -0.330 e. The summed E-state index contributed by atoms with van der Waals surface area (Å²) in [5, 5.41) is 3.11. The third kappa shape index (κ3) is 3.00. The van der Waals surface area contributed by atoms with E-state index in [1.165, 1.54) is 11.1 Å². The van der Waals surface area contributed by atoms with Gasteiger partial charge in [-0.25, -0.2) is 0 Å². The maximum absolute atomic E-state index is 13.6. The molecule has 0 radical (unpaired) electrons. The van der Waals surface area contributed by atoms with Crippen molar-refractivity contribution in [1.82, 2.24) is 4.90 Å². The van der Waals surface area contributed by atoms with Crippen LogP contribution in [-0.4, -0.2) is 23.3 Å². The highest BCUT2D eigenvalue weighted by Crippen LogP contribution is 2.46. The Balaban J connectivity index is 1.59. The Bertz CT molecular complexity index is 1120. The average molecular weight is 396 g/mol. The molecule has 0 saturated carbocycles. The van der Waals surface area contributed by atoms with Crippen LogP contribution < -0.4 is 5.32 Å². The molecule has 4 heteroatoms. The number of hydrogen-bond donors (Lipinski definition) is 1. The third-order valence-corrected chi connectivity index (χ3v) is 6.35. The lowest BCUT2D eigenvalue weighted by atomic mass is 9.76. The van der Waals surface area contributed by atoms with Gasteiger partial charge in [-0.1, -0.05) is 61.5 Å². The van der Waals surface area contributed by atoms with Crippen LogP contribution in [0, 0.1) is 0 Å².